The molecule has 0 aliphatic carbocycles. The highest BCUT2D eigenvalue weighted by atomic mass is 16.3. The third-order valence-electron chi connectivity index (χ3n) is 3.93. The Morgan fingerprint density at radius 1 is 1.35 bits per heavy atom. The smallest absolute Gasteiger partial charge is 0.240 e. The van der Waals surface area contributed by atoms with Gasteiger partial charge in [-0.2, -0.15) is 0 Å². The van der Waals surface area contributed by atoms with Crippen LogP contribution in [0.4, 0.5) is 5.82 Å². The fourth-order valence-corrected chi connectivity index (χ4v) is 2.77. The Morgan fingerprint density at radius 3 is 3.00 bits per heavy atom. The van der Waals surface area contributed by atoms with Crippen LogP contribution in [0.1, 0.15) is 12.8 Å². The van der Waals surface area contributed by atoms with Gasteiger partial charge in [0.2, 0.25) is 5.91 Å². The zero-order valence-electron chi connectivity index (χ0n) is 12.8. The van der Waals surface area contributed by atoms with E-state index in [4.69, 9.17) is 0 Å². The van der Waals surface area contributed by atoms with Gasteiger partial charge in [0.05, 0.1) is 18.1 Å². The number of imidazole rings is 1. The Morgan fingerprint density at radius 2 is 2.26 bits per heavy atom. The molecule has 0 spiro atoms. The van der Waals surface area contributed by atoms with Gasteiger partial charge in [0.25, 0.3) is 0 Å². The SMILES string of the molecule is O=C(Cn1ccnc1)NC[C@@]1(O)CCCN(c2cnccn2)C1. The number of nitrogens with zero attached hydrogens (tertiary/aromatic N) is 5. The van der Waals surface area contributed by atoms with Gasteiger partial charge in [0.15, 0.2) is 0 Å². The monoisotopic (exact) mass is 316 g/mol. The molecule has 23 heavy (non-hydrogen) atoms. The second kappa shape index (κ2) is 6.74. The molecule has 8 heteroatoms. The van der Waals surface area contributed by atoms with Crippen molar-refractivity contribution >= 4 is 11.7 Å². The van der Waals surface area contributed by atoms with Gasteiger partial charge in [-0.25, -0.2) is 9.97 Å². The molecule has 1 aliphatic heterocycles. The summed E-state index contributed by atoms with van der Waals surface area (Å²) in [7, 11) is 0. The van der Waals surface area contributed by atoms with Crippen LogP contribution < -0.4 is 10.2 Å². The number of carbonyl (C=O) groups excluding carboxylic acids is 1. The zero-order chi connectivity index (χ0) is 16.1. The van der Waals surface area contributed by atoms with E-state index in [-0.39, 0.29) is 19.0 Å². The number of anilines is 1. The highest BCUT2D eigenvalue weighted by molar-refractivity contribution is 5.75. The highest BCUT2D eigenvalue weighted by Gasteiger charge is 2.34. The molecule has 1 atom stereocenters. The van der Waals surface area contributed by atoms with Gasteiger partial charge in [-0.1, -0.05) is 0 Å². The lowest BCUT2D eigenvalue weighted by atomic mass is 9.92. The summed E-state index contributed by atoms with van der Waals surface area (Å²) in [5.74, 6) is 0.600. The number of nitrogens with one attached hydrogen (secondary N) is 1. The number of amides is 1. The number of piperidine rings is 1. The first-order valence-corrected chi connectivity index (χ1v) is 7.60. The molecule has 2 N–H and O–H groups in total. The lowest BCUT2D eigenvalue weighted by molar-refractivity contribution is -0.123. The van der Waals surface area contributed by atoms with Crippen LogP contribution in [0.25, 0.3) is 0 Å². The largest absolute Gasteiger partial charge is 0.386 e. The molecule has 3 rings (SSSR count). The van der Waals surface area contributed by atoms with E-state index in [1.165, 1.54) is 0 Å². The molecule has 8 nitrogen and oxygen atoms in total. The van der Waals surface area contributed by atoms with Crippen LogP contribution in [0.5, 0.6) is 0 Å². The quantitative estimate of drug-likeness (QED) is 0.794. The fraction of sp³-hybridized carbons (Fsp3) is 0.467. The van der Waals surface area contributed by atoms with Crippen LogP contribution in [0, 0.1) is 0 Å². The summed E-state index contributed by atoms with van der Waals surface area (Å²) in [5.41, 5.74) is -0.958. The summed E-state index contributed by atoms with van der Waals surface area (Å²) in [6.45, 7) is 1.67. The number of hydrogen-bond acceptors (Lipinski definition) is 6. The Bertz CT molecular complexity index is 633. The van der Waals surface area contributed by atoms with Gasteiger partial charge in [-0.05, 0) is 12.8 Å². The molecule has 1 fully saturated rings. The molecule has 1 saturated heterocycles. The molecule has 122 valence electrons. The molecule has 0 radical (unpaired) electrons. The zero-order valence-corrected chi connectivity index (χ0v) is 12.8. The molecular weight excluding hydrogens is 296 g/mol. The second-order valence-corrected chi connectivity index (χ2v) is 5.82. The fourth-order valence-electron chi connectivity index (χ4n) is 2.77. The third-order valence-corrected chi connectivity index (χ3v) is 3.93. The Kier molecular flexibility index (Phi) is 4.52. The van der Waals surface area contributed by atoms with Crippen molar-refractivity contribution < 1.29 is 9.90 Å². The van der Waals surface area contributed by atoms with E-state index in [9.17, 15) is 9.90 Å². The van der Waals surface area contributed by atoms with Crippen molar-refractivity contribution in [2.45, 2.75) is 25.0 Å². The minimum absolute atomic E-state index is 0.145. The number of aliphatic hydroxyl groups is 1. The molecule has 0 bridgehead atoms. The van der Waals surface area contributed by atoms with Crippen molar-refractivity contribution in [3.8, 4) is 0 Å². The van der Waals surface area contributed by atoms with E-state index in [1.54, 1.807) is 41.9 Å². The van der Waals surface area contributed by atoms with Crippen molar-refractivity contribution in [1.29, 1.82) is 0 Å². The van der Waals surface area contributed by atoms with Crippen LogP contribution in [0.15, 0.2) is 37.3 Å². The van der Waals surface area contributed by atoms with Crippen molar-refractivity contribution in [1.82, 2.24) is 24.8 Å². The lowest BCUT2D eigenvalue weighted by Crippen LogP contribution is -2.54. The number of aromatic nitrogens is 4. The Labute approximate surface area is 134 Å². The van der Waals surface area contributed by atoms with Crippen LogP contribution in [-0.4, -0.2) is 55.8 Å². The van der Waals surface area contributed by atoms with Gasteiger partial charge in [0, 0.05) is 44.4 Å². The van der Waals surface area contributed by atoms with Gasteiger partial charge >= 0.3 is 0 Å². The minimum Gasteiger partial charge on any atom is -0.386 e. The lowest BCUT2D eigenvalue weighted by Gasteiger charge is -2.39. The number of hydrogen-bond donors (Lipinski definition) is 2. The normalized spacial score (nSPS) is 21.2. The molecule has 1 aliphatic rings. The average Bonchev–Trinajstić information content (AvgIpc) is 3.07. The first-order chi connectivity index (χ1) is 11.1. The topological polar surface area (TPSA) is 96.2 Å². The van der Waals surface area contributed by atoms with Crippen molar-refractivity contribution in [2.75, 3.05) is 24.5 Å². The molecule has 3 heterocycles. The number of rotatable bonds is 5. The van der Waals surface area contributed by atoms with Crippen molar-refractivity contribution in [3.63, 3.8) is 0 Å². The molecule has 0 saturated carbocycles. The maximum absolute atomic E-state index is 11.9. The van der Waals surface area contributed by atoms with Crippen LogP contribution in [-0.2, 0) is 11.3 Å². The number of carbonyl (C=O) groups is 1. The highest BCUT2D eigenvalue weighted by Crippen LogP contribution is 2.23. The molecule has 0 unspecified atom stereocenters. The summed E-state index contributed by atoms with van der Waals surface area (Å²) >= 11 is 0. The predicted molar refractivity (Wildman–Crippen MR) is 83.7 cm³/mol. The standard InChI is InChI=1S/C15H20N6O2/c22-14(9-20-7-5-17-12-20)19-10-15(23)2-1-6-21(11-15)13-8-16-3-4-18-13/h3-5,7-8,12,23H,1-2,6,9-11H2,(H,19,22)/t15-/m0/s1. The second-order valence-electron chi connectivity index (χ2n) is 5.82. The Balaban J connectivity index is 1.55. The van der Waals surface area contributed by atoms with Crippen LogP contribution >= 0.6 is 0 Å². The summed E-state index contributed by atoms with van der Waals surface area (Å²) < 4.78 is 1.69. The summed E-state index contributed by atoms with van der Waals surface area (Å²) in [6.07, 6.45) is 11.4. The molecular formula is C15H20N6O2. The average molecular weight is 316 g/mol. The summed E-state index contributed by atoms with van der Waals surface area (Å²) in [5, 5.41) is 13.6. The number of β-amino-alcohol motifs (C(OH)–C–C–N with tert-alkyl or cyclic N) is 1. The van der Waals surface area contributed by atoms with Crippen LogP contribution in [0.2, 0.25) is 0 Å². The van der Waals surface area contributed by atoms with Crippen molar-refractivity contribution in [2.24, 2.45) is 0 Å². The van der Waals surface area contributed by atoms with Crippen LogP contribution in [0.3, 0.4) is 0 Å². The molecule has 2 aromatic heterocycles. The Hall–Kier alpha value is -2.48. The first kappa shape index (κ1) is 15.4. The summed E-state index contributed by atoms with van der Waals surface area (Å²) in [4.78, 5) is 26.2. The summed E-state index contributed by atoms with van der Waals surface area (Å²) in [6, 6.07) is 0. The molecule has 1 amide bonds. The maximum atomic E-state index is 11.9. The van der Waals surface area contributed by atoms with E-state index >= 15 is 0 Å². The van der Waals surface area contributed by atoms with Gasteiger partial charge in [-0.15, -0.1) is 0 Å². The van der Waals surface area contributed by atoms with E-state index in [2.05, 4.69) is 20.3 Å². The predicted octanol–water partition coefficient (Wildman–Crippen LogP) is -0.179. The third kappa shape index (κ3) is 4.04. The van der Waals surface area contributed by atoms with Gasteiger partial charge in [0.1, 0.15) is 12.4 Å². The molecule has 2 aromatic rings. The molecule has 0 aromatic carbocycles. The van der Waals surface area contributed by atoms with E-state index in [1.807, 2.05) is 4.90 Å². The van der Waals surface area contributed by atoms with E-state index in [0.29, 0.717) is 13.0 Å². The first-order valence-electron chi connectivity index (χ1n) is 7.60. The maximum Gasteiger partial charge on any atom is 0.240 e. The minimum atomic E-state index is -0.958. The van der Waals surface area contributed by atoms with Gasteiger partial charge < -0.3 is 19.9 Å². The van der Waals surface area contributed by atoms with Gasteiger partial charge in [-0.3, -0.25) is 9.78 Å². The van der Waals surface area contributed by atoms with E-state index in [0.717, 1.165) is 18.8 Å². The van der Waals surface area contributed by atoms with E-state index < -0.39 is 5.60 Å². The van der Waals surface area contributed by atoms with Crippen molar-refractivity contribution in [3.05, 3.63) is 37.3 Å².